The largest absolute Gasteiger partial charge is 0.508 e. The van der Waals surface area contributed by atoms with Gasteiger partial charge in [-0.1, -0.05) is 25.1 Å². The van der Waals surface area contributed by atoms with E-state index in [1.165, 1.54) is 12.3 Å². The number of anilines is 2. The highest BCUT2D eigenvalue weighted by Crippen LogP contribution is 2.33. The number of nitrogens with one attached hydrogen (secondary N) is 1. The molecule has 4 nitrogen and oxygen atoms in total. The molecule has 0 spiro atoms. The fraction of sp³-hybridized carbons (Fsp3) is 0.200. The third-order valence-electron chi connectivity index (χ3n) is 4.11. The van der Waals surface area contributed by atoms with Crippen LogP contribution in [0.15, 0.2) is 42.6 Å². The lowest BCUT2D eigenvalue weighted by Gasteiger charge is -2.16. The minimum atomic E-state index is -0.442. The highest BCUT2D eigenvalue weighted by molar-refractivity contribution is 6.09. The van der Waals surface area contributed by atoms with Crippen LogP contribution >= 0.6 is 0 Å². The van der Waals surface area contributed by atoms with Crippen LogP contribution < -0.4 is 5.32 Å². The van der Waals surface area contributed by atoms with Crippen LogP contribution in [0.3, 0.4) is 0 Å². The van der Waals surface area contributed by atoms with E-state index in [-0.39, 0.29) is 17.0 Å². The van der Waals surface area contributed by atoms with Gasteiger partial charge < -0.3 is 10.4 Å². The van der Waals surface area contributed by atoms with Crippen LogP contribution in [-0.2, 0) is 0 Å². The van der Waals surface area contributed by atoms with Crippen molar-refractivity contribution in [1.29, 1.82) is 0 Å². The number of aryl methyl sites for hydroxylation is 1. The molecule has 3 rings (SSSR count). The van der Waals surface area contributed by atoms with Gasteiger partial charge in [-0.3, -0.25) is 9.78 Å². The van der Waals surface area contributed by atoms with Crippen molar-refractivity contribution >= 4 is 28.1 Å². The molecule has 5 heteroatoms. The molecule has 1 heterocycles. The van der Waals surface area contributed by atoms with Crippen molar-refractivity contribution in [3.05, 3.63) is 59.5 Å². The van der Waals surface area contributed by atoms with Gasteiger partial charge in [-0.2, -0.15) is 0 Å². The molecule has 0 radical (unpaired) electrons. The van der Waals surface area contributed by atoms with Crippen LogP contribution in [0, 0.1) is 12.7 Å². The second kappa shape index (κ2) is 6.89. The van der Waals surface area contributed by atoms with Crippen LogP contribution in [0.1, 0.15) is 35.7 Å². The molecular formula is C20H19FN2O2. The van der Waals surface area contributed by atoms with E-state index < -0.39 is 5.82 Å². The summed E-state index contributed by atoms with van der Waals surface area (Å²) in [4.78, 5) is 16.7. The van der Waals surface area contributed by atoms with Gasteiger partial charge in [0.2, 0.25) is 0 Å². The summed E-state index contributed by atoms with van der Waals surface area (Å²) in [5.41, 5.74) is 2.69. The maximum Gasteiger partial charge on any atom is 0.166 e. The number of aromatic hydroxyl groups is 1. The van der Waals surface area contributed by atoms with Crippen molar-refractivity contribution in [2.45, 2.75) is 26.7 Å². The van der Waals surface area contributed by atoms with Gasteiger partial charge in [0.15, 0.2) is 5.78 Å². The molecule has 2 aromatic carbocycles. The number of carbonyl (C=O) groups is 1. The van der Waals surface area contributed by atoms with Crippen LogP contribution in [-0.4, -0.2) is 15.9 Å². The minimum absolute atomic E-state index is 0.0542. The molecule has 0 saturated carbocycles. The normalized spacial score (nSPS) is 10.8. The van der Waals surface area contributed by atoms with Gasteiger partial charge in [0.05, 0.1) is 11.3 Å². The number of Topliss-reactive ketones (excluding diaryl/α,β-unsaturated/α-hetero) is 1. The fourth-order valence-electron chi connectivity index (χ4n) is 2.77. The average molecular weight is 338 g/mol. The molecular weight excluding hydrogens is 319 g/mol. The number of rotatable bonds is 5. The van der Waals surface area contributed by atoms with Crippen LogP contribution in [0.5, 0.6) is 5.75 Å². The van der Waals surface area contributed by atoms with E-state index in [1.807, 2.05) is 13.8 Å². The van der Waals surface area contributed by atoms with Gasteiger partial charge >= 0.3 is 0 Å². The summed E-state index contributed by atoms with van der Waals surface area (Å²) in [6, 6.07) is 9.60. The molecule has 2 N–H and O–H groups in total. The summed E-state index contributed by atoms with van der Waals surface area (Å²) in [6.45, 7) is 3.82. The summed E-state index contributed by atoms with van der Waals surface area (Å²) in [5.74, 6) is -0.386. The van der Waals surface area contributed by atoms with Crippen molar-refractivity contribution < 1.29 is 14.3 Å². The number of ketones is 1. The molecule has 0 bridgehead atoms. The Labute approximate surface area is 145 Å². The summed E-state index contributed by atoms with van der Waals surface area (Å²) < 4.78 is 14.1. The molecule has 0 aliphatic rings. The third-order valence-corrected chi connectivity index (χ3v) is 4.11. The van der Waals surface area contributed by atoms with Gasteiger partial charge in [-0.25, -0.2) is 4.39 Å². The van der Waals surface area contributed by atoms with E-state index in [1.54, 1.807) is 30.3 Å². The number of carbonyl (C=O) groups excluding carboxylic acids is 1. The smallest absolute Gasteiger partial charge is 0.166 e. The number of benzene rings is 2. The van der Waals surface area contributed by atoms with E-state index in [9.17, 15) is 14.3 Å². The van der Waals surface area contributed by atoms with Crippen LogP contribution in [0.4, 0.5) is 15.8 Å². The Morgan fingerprint density at radius 3 is 2.84 bits per heavy atom. The molecule has 0 aliphatic carbocycles. The molecule has 0 atom stereocenters. The standard InChI is InChI=1S/C20H19FN2O2/c1-3-5-18(25)15-11-22-20-14(6-4-7-16(20)21)19(15)23-17-10-13(24)9-8-12(17)2/h4,6-11,24H,3,5H2,1-2H3,(H,22,23). The molecule has 1 aromatic heterocycles. The predicted octanol–water partition coefficient (Wildman–Crippen LogP) is 5.11. The average Bonchev–Trinajstić information content (AvgIpc) is 2.59. The minimum Gasteiger partial charge on any atom is -0.508 e. The van der Waals surface area contributed by atoms with Crippen molar-refractivity contribution in [2.75, 3.05) is 5.32 Å². The van der Waals surface area contributed by atoms with E-state index in [4.69, 9.17) is 0 Å². The van der Waals surface area contributed by atoms with Gasteiger partial charge in [-0.05, 0) is 31.0 Å². The van der Waals surface area contributed by atoms with E-state index in [2.05, 4.69) is 10.3 Å². The molecule has 0 saturated heterocycles. The Balaban J connectivity index is 2.22. The number of phenolic OH excluding ortho intramolecular Hbond substituents is 1. The number of aromatic nitrogens is 1. The quantitative estimate of drug-likeness (QED) is 0.634. The molecule has 0 fully saturated rings. The lowest BCUT2D eigenvalue weighted by atomic mass is 10.0. The first-order valence-electron chi connectivity index (χ1n) is 8.18. The SMILES string of the molecule is CCCC(=O)c1cnc2c(F)cccc2c1Nc1cc(O)ccc1C. The molecule has 0 amide bonds. The van der Waals surface area contributed by atoms with Crippen molar-refractivity contribution in [1.82, 2.24) is 4.98 Å². The van der Waals surface area contributed by atoms with Gasteiger partial charge in [-0.15, -0.1) is 0 Å². The van der Waals surface area contributed by atoms with Crippen molar-refractivity contribution in [2.24, 2.45) is 0 Å². The summed E-state index contributed by atoms with van der Waals surface area (Å²) >= 11 is 0. The van der Waals surface area contributed by atoms with Crippen LogP contribution in [0.2, 0.25) is 0 Å². The number of hydrogen-bond acceptors (Lipinski definition) is 4. The first-order valence-corrected chi connectivity index (χ1v) is 8.18. The summed E-state index contributed by atoms with van der Waals surface area (Å²) in [6.07, 6.45) is 2.52. The molecule has 0 unspecified atom stereocenters. The zero-order valence-corrected chi connectivity index (χ0v) is 14.1. The number of phenols is 1. The van der Waals surface area contributed by atoms with E-state index in [0.29, 0.717) is 35.2 Å². The zero-order chi connectivity index (χ0) is 18.0. The monoisotopic (exact) mass is 338 g/mol. The number of para-hydroxylation sites is 1. The molecule has 0 aliphatic heterocycles. The Bertz CT molecular complexity index is 954. The first kappa shape index (κ1) is 16.9. The summed E-state index contributed by atoms with van der Waals surface area (Å²) in [7, 11) is 0. The van der Waals surface area contributed by atoms with Gasteiger partial charge in [0.25, 0.3) is 0 Å². The highest BCUT2D eigenvalue weighted by atomic mass is 19.1. The number of pyridine rings is 1. The third kappa shape index (κ3) is 3.31. The first-order chi connectivity index (χ1) is 12.0. The summed E-state index contributed by atoms with van der Waals surface area (Å²) in [5, 5.41) is 13.5. The number of halogens is 1. The van der Waals surface area contributed by atoms with Crippen LogP contribution in [0.25, 0.3) is 10.9 Å². The van der Waals surface area contributed by atoms with E-state index >= 15 is 0 Å². The lowest BCUT2D eigenvalue weighted by molar-refractivity contribution is 0.0982. The zero-order valence-electron chi connectivity index (χ0n) is 14.1. The second-order valence-electron chi connectivity index (χ2n) is 5.98. The van der Waals surface area contributed by atoms with Gasteiger partial charge in [0.1, 0.15) is 17.1 Å². The maximum absolute atomic E-state index is 14.1. The Morgan fingerprint density at radius 2 is 2.08 bits per heavy atom. The Kier molecular flexibility index (Phi) is 4.65. The number of hydrogen-bond donors (Lipinski definition) is 2. The van der Waals surface area contributed by atoms with Crippen molar-refractivity contribution in [3.8, 4) is 5.75 Å². The van der Waals surface area contributed by atoms with Crippen molar-refractivity contribution in [3.63, 3.8) is 0 Å². The number of nitrogens with zero attached hydrogens (tertiary/aromatic N) is 1. The fourth-order valence-corrected chi connectivity index (χ4v) is 2.77. The highest BCUT2D eigenvalue weighted by Gasteiger charge is 2.17. The maximum atomic E-state index is 14.1. The topological polar surface area (TPSA) is 62.2 Å². The molecule has 128 valence electrons. The van der Waals surface area contributed by atoms with Gasteiger partial charge in [0, 0.05) is 29.8 Å². The van der Waals surface area contributed by atoms with E-state index in [0.717, 1.165) is 5.56 Å². The Morgan fingerprint density at radius 1 is 1.28 bits per heavy atom. The molecule has 3 aromatic rings. The lowest BCUT2D eigenvalue weighted by Crippen LogP contribution is -2.06. The number of fused-ring (bicyclic) bond motifs is 1. The predicted molar refractivity (Wildman–Crippen MR) is 97.1 cm³/mol. The second-order valence-corrected chi connectivity index (χ2v) is 5.98. The Hall–Kier alpha value is -2.95. The molecule has 25 heavy (non-hydrogen) atoms.